The molecule has 0 saturated heterocycles. The van der Waals surface area contributed by atoms with Crippen LogP contribution in [0.5, 0.6) is 0 Å². The Hall–Kier alpha value is -2.20. The minimum Gasteiger partial charge on any atom is -0.350 e. The lowest BCUT2D eigenvalue weighted by Gasteiger charge is -2.36. The fourth-order valence-electron chi connectivity index (χ4n) is 3.73. The Kier molecular flexibility index (Phi) is 5.19. The van der Waals surface area contributed by atoms with Gasteiger partial charge in [-0.2, -0.15) is 0 Å². The van der Waals surface area contributed by atoms with Crippen molar-refractivity contribution < 1.29 is 4.79 Å². The molecule has 1 fully saturated rings. The molecule has 4 nitrogen and oxygen atoms in total. The maximum atomic E-state index is 12.7. The number of amides is 1. The van der Waals surface area contributed by atoms with Crippen molar-refractivity contribution in [1.82, 2.24) is 15.2 Å². The molecule has 0 aliphatic heterocycles. The Morgan fingerprint density at radius 3 is 2.40 bits per heavy atom. The number of nitrogens with one attached hydrogen (secondary N) is 1. The molecule has 1 aliphatic carbocycles. The predicted molar refractivity (Wildman–Crippen MR) is 102 cm³/mol. The number of rotatable bonds is 5. The first-order valence-corrected chi connectivity index (χ1v) is 9.00. The normalized spacial score (nSPS) is 16.2. The van der Waals surface area contributed by atoms with E-state index in [1.165, 1.54) is 12.8 Å². The summed E-state index contributed by atoms with van der Waals surface area (Å²) in [4.78, 5) is 19.6. The molecule has 0 unspecified atom stereocenters. The molecule has 4 heteroatoms. The topological polar surface area (TPSA) is 45.2 Å². The number of nitrogens with zero attached hydrogens (tertiary/aromatic N) is 2. The number of carbonyl (C=O) groups is 1. The van der Waals surface area contributed by atoms with Crippen LogP contribution < -0.4 is 5.32 Å². The van der Waals surface area contributed by atoms with Crippen molar-refractivity contribution >= 4 is 5.91 Å². The molecule has 1 saturated carbocycles. The van der Waals surface area contributed by atoms with Crippen LogP contribution in [0, 0.1) is 6.92 Å². The maximum Gasteiger partial charge on any atom is 0.253 e. The van der Waals surface area contributed by atoms with Gasteiger partial charge in [-0.15, -0.1) is 0 Å². The second-order valence-electron chi connectivity index (χ2n) is 7.20. The Balaban J connectivity index is 1.72. The zero-order valence-electron chi connectivity index (χ0n) is 15.4. The molecule has 1 amide bonds. The zero-order chi connectivity index (χ0) is 17.9. The van der Waals surface area contributed by atoms with Crippen molar-refractivity contribution in [3.8, 4) is 11.3 Å². The molecule has 0 radical (unpaired) electrons. The second-order valence-corrected chi connectivity index (χ2v) is 7.20. The van der Waals surface area contributed by atoms with Gasteiger partial charge in [0, 0.05) is 17.6 Å². The van der Waals surface area contributed by atoms with Crippen molar-refractivity contribution in [2.24, 2.45) is 0 Å². The van der Waals surface area contributed by atoms with Crippen molar-refractivity contribution in [3.05, 3.63) is 53.7 Å². The predicted octanol–water partition coefficient (Wildman–Crippen LogP) is 3.66. The highest BCUT2D eigenvalue weighted by molar-refractivity contribution is 5.95. The van der Waals surface area contributed by atoms with Crippen molar-refractivity contribution in [2.45, 2.75) is 38.1 Å². The third kappa shape index (κ3) is 3.74. The summed E-state index contributed by atoms with van der Waals surface area (Å²) in [6.45, 7) is 2.59. The summed E-state index contributed by atoms with van der Waals surface area (Å²) in [5, 5.41) is 3.14. The molecule has 0 atom stereocenters. The van der Waals surface area contributed by atoms with Gasteiger partial charge in [0.25, 0.3) is 5.91 Å². The van der Waals surface area contributed by atoms with Crippen LogP contribution in [-0.2, 0) is 0 Å². The van der Waals surface area contributed by atoms with Crippen LogP contribution in [0.25, 0.3) is 11.3 Å². The number of likely N-dealkylation sites (N-methyl/N-ethyl adjacent to an activating group) is 1. The van der Waals surface area contributed by atoms with E-state index in [-0.39, 0.29) is 11.4 Å². The summed E-state index contributed by atoms with van der Waals surface area (Å²) in [6, 6.07) is 13.8. The molecule has 2 aromatic rings. The quantitative estimate of drug-likeness (QED) is 0.905. The number of aromatic nitrogens is 1. The van der Waals surface area contributed by atoms with E-state index in [1.54, 1.807) is 0 Å². The number of carbonyl (C=O) groups excluding carboxylic acids is 1. The second kappa shape index (κ2) is 7.36. The Labute approximate surface area is 150 Å². The van der Waals surface area contributed by atoms with Gasteiger partial charge in [0.15, 0.2) is 0 Å². The first-order valence-electron chi connectivity index (χ1n) is 9.00. The highest BCUT2D eigenvalue weighted by Gasteiger charge is 2.36. The molecule has 0 spiro atoms. The highest BCUT2D eigenvalue weighted by atomic mass is 16.1. The Bertz CT molecular complexity index is 734. The van der Waals surface area contributed by atoms with E-state index >= 15 is 0 Å². The van der Waals surface area contributed by atoms with E-state index in [2.05, 4.69) is 29.3 Å². The summed E-state index contributed by atoms with van der Waals surface area (Å²) < 4.78 is 0. The molecule has 1 aromatic heterocycles. The summed E-state index contributed by atoms with van der Waals surface area (Å²) in [7, 11) is 4.22. The molecule has 1 heterocycles. The van der Waals surface area contributed by atoms with Gasteiger partial charge in [-0.05, 0) is 46.0 Å². The van der Waals surface area contributed by atoms with Crippen LogP contribution in [-0.4, -0.2) is 42.0 Å². The number of benzene rings is 1. The molecule has 0 bridgehead atoms. The molecular weight excluding hydrogens is 310 g/mol. The van der Waals surface area contributed by atoms with E-state index in [1.807, 2.05) is 49.4 Å². The van der Waals surface area contributed by atoms with Gasteiger partial charge < -0.3 is 10.2 Å². The number of aryl methyl sites for hydroxylation is 1. The monoisotopic (exact) mass is 337 g/mol. The lowest BCUT2D eigenvalue weighted by Crippen LogP contribution is -2.50. The van der Waals surface area contributed by atoms with Gasteiger partial charge >= 0.3 is 0 Å². The third-order valence-electron chi connectivity index (χ3n) is 5.46. The van der Waals surface area contributed by atoms with Crippen molar-refractivity contribution in [3.63, 3.8) is 0 Å². The van der Waals surface area contributed by atoms with E-state index in [9.17, 15) is 4.79 Å². The largest absolute Gasteiger partial charge is 0.350 e. The summed E-state index contributed by atoms with van der Waals surface area (Å²) >= 11 is 0. The summed E-state index contributed by atoms with van der Waals surface area (Å²) in [6.07, 6.45) is 4.76. The van der Waals surface area contributed by atoms with Gasteiger partial charge in [0.1, 0.15) is 0 Å². The molecule has 25 heavy (non-hydrogen) atoms. The first kappa shape index (κ1) is 17.6. The standard InChI is InChI=1S/C21H27N3O/c1-16-18(11-12-19(23-16)17-9-5-4-6-10-17)20(25)22-15-21(24(2)3)13-7-8-14-21/h4-6,9-12H,7-8,13-15H2,1-3H3,(H,22,25). The smallest absolute Gasteiger partial charge is 0.253 e. The van der Waals surface area contributed by atoms with E-state index < -0.39 is 0 Å². The van der Waals surface area contributed by atoms with Crippen LogP contribution in [0.15, 0.2) is 42.5 Å². The molecular formula is C21H27N3O. The van der Waals surface area contributed by atoms with Crippen LogP contribution >= 0.6 is 0 Å². The SMILES string of the molecule is Cc1nc(-c2ccccc2)ccc1C(=O)NCC1(N(C)C)CCCC1. The van der Waals surface area contributed by atoms with E-state index in [0.29, 0.717) is 12.1 Å². The summed E-state index contributed by atoms with van der Waals surface area (Å²) in [5.41, 5.74) is 3.49. The van der Waals surface area contributed by atoms with Crippen LogP contribution in [0.4, 0.5) is 0 Å². The van der Waals surface area contributed by atoms with Crippen LogP contribution in [0.3, 0.4) is 0 Å². The van der Waals surface area contributed by atoms with Gasteiger partial charge in [0.05, 0.1) is 17.0 Å². The van der Waals surface area contributed by atoms with E-state index in [0.717, 1.165) is 29.8 Å². The first-order chi connectivity index (χ1) is 12.0. The average Bonchev–Trinajstić information content (AvgIpc) is 3.11. The number of hydrogen-bond acceptors (Lipinski definition) is 3. The fourth-order valence-corrected chi connectivity index (χ4v) is 3.73. The summed E-state index contributed by atoms with van der Waals surface area (Å²) in [5.74, 6) is -0.0299. The fraction of sp³-hybridized carbons (Fsp3) is 0.429. The average molecular weight is 337 g/mol. The number of pyridine rings is 1. The Morgan fingerprint density at radius 2 is 1.80 bits per heavy atom. The molecule has 1 aliphatic rings. The van der Waals surface area contributed by atoms with E-state index in [4.69, 9.17) is 0 Å². The van der Waals surface area contributed by atoms with Gasteiger partial charge in [-0.25, -0.2) is 0 Å². The van der Waals surface area contributed by atoms with Crippen molar-refractivity contribution in [1.29, 1.82) is 0 Å². The minimum absolute atomic E-state index is 0.0299. The van der Waals surface area contributed by atoms with Gasteiger partial charge in [0.2, 0.25) is 0 Å². The molecule has 3 rings (SSSR count). The zero-order valence-corrected chi connectivity index (χ0v) is 15.4. The van der Waals surface area contributed by atoms with Gasteiger partial charge in [-0.3, -0.25) is 9.78 Å². The third-order valence-corrected chi connectivity index (χ3v) is 5.46. The minimum atomic E-state index is -0.0299. The van der Waals surface area contributed by atoms with Crippen LogP contribution in [0.1, 0.15) is 41.7 Å². The molecule has 1 N–H and O–H groups in total. The Morgan fingerprint density at radius 1 is 1.12 bits per heavy atom. The maximum absolute atomic E-state index is 12.7. The molecule has 132 valence electrons. The van der Waals surface area contributed by atoms with Gasteiger partial charge in [-0.1, -0.05) is 43.2 Å². The van der Waals surface area contributed by atoms with Crippen LogP contribution in [0.2, 0.25) is 0 Å². The number of hydrogen-bond donors (Lipinski definition) is 1. The lowest BCUT2D eigenvalue weighted by atomic mass is 9.96. The highest BCUT2D eigenvalue weighted by Crippen LogP contribution is 2.33. The lowest BCUT2D eigenvalue weighted by molar-refractivity contribution is 0.0899. The molecule has 1 aromatic carbocycles. The van der Waals surface area contributed by atoms with Crippen molar-refractivity contribution in [2.75, 3.05) is 20.6 Å².